The van der Waals surface area contributed by atoms with Crippen molar-refractivity contribution in [3.05, 3.63) is 31.8 Å². The first-order chi connectivity index (χ1) is 8.00. The van der Waals surface area contributed by atoms with E-state index >= 15 is 0 Å². The zero-order chi connectivity index (χ0) is 12.2. The first kappa shape index (κ1) is 10.8. The number of thiophene rings is 1. The molecule has 0 amide bonds. The Hall–Kier alpha value is -1.36. The Morgan fingerprint density at radius 3 is 2.82 bits per heavy atom. The average molecular weight is 250 g/mol. The molecule has 0 saturated heterocycles. The number of H-pyrrole nitrogens is 1. The minimum absolute atomic E-state index is 0.143. The van der Waals surface area contributed by atoms with Crippen molar-refractivity contribution < 1.29 is 0 Å². The van der Waals surface area contributed by atoms with Crippen LogP contribution < -0.4 is 11.2 Å². The van der Waals surface area contributed by atoms with Crippen LogP contribution in [0.15, 0.2) is 15.0 Å². The van der Waals surface area contributed by atoms with Crippen LogP contribution >= 0.6 is 11.3 Å². The topological polar surface area (TPSA) is 54.9 Å². The van der Waals surface area contributed by atoms with Gasteiger partial charge < -0.3 is 0 Å². The zero-order valence-corrected chi connectivity index (χ0v) is 10.7. The predicted molar refractivity (Wildman–Crippen MR) is 68.8 cm³/mol. The fraction of sp³-hybridized carbons (Fsp3) is 0.500. The highest BCUT2D eigenvalue weighted by Gasteiger charge is 2.38. The third kappa shape index (κ3) is 1.65. The number of aryl methyl sites for hydroxylation is 1. The van der Waals surface area contributed by atoms with Crippen LogP contribution in [0, 0.1) is 12.3 Å². The van der Waals surface area contributed by atoms with E-state index in [0.717, 1.165) is 18.4 Å². The molecule has 0 spiro atoms. The lowest BCUT2D eigenvalue weighted by Gasteiger charge is -2.09. The zero-order valence-electron chi connectivity index (χ0n) is 9.87. The molecule has 0 bridgehead atoms. The van der Waals surface area contributed by atoms with Crippen molar-refractivity contribution in [2.75, 3.05) is 0 Å². The van der Waals surface area contributed by atoms with Crippen molar-refractivity contribution in [3.63, 3.8) is 0 Å². The van der Waals surface area contributed by atoms with Gasteiger partial charge >= 0.3 is 5.69 Å². The average Bonchev–Trinajstić information content (AvgIpc) is 2.88. The molecule has 1 N–H and O–H groups in total. The summed E-state index contributed by atoms with van der Waals surface area (Å²) in [4.78, 5) is 27.7. The summed E-state index contributed by atoms with van der Waals surface area (Å²) in [5.41, 5.74) is 0.670. The summed E-state index contributed by atoms with van der Waals surface area (Å²) in [5, 5.41) is 2.57. The van der Waals surface area contributed by atoms with Gasteiger partial charge in [0, 0.05) is 6.54 Å². The monoisotopic (exact) mass is 250 g/mol. The van der Waals surface area contributed by atoms with Gasteiger partial charge in [-0.3, -0.25) is 14.3 Å². The molecular weight excluding hydrogens is 236 g/mol. The summed E-state index contributed by atoms with van der Waals surface area (Å²) in [6.45, 7) is 4.55. The molecule has 3 rings (SSSR count). The first-order valence-corrected chi connectivity index (χ1v) is 6.59. The molecule has 0 radical (unpaired) electrons. The van der Waals surface area contributed by atoms with Crippen molar-refractivity contribution >= 4 is 21.6 Å². The highest BCUT2D eigenvalue weighted by atomic mass is 32.1. The predicted octanol–water partition coefficient (Wildman–Crippen LogP) is 1.86. The van der Waals surface area contributed by atoms with E-state index in [1.54, 1.807) is 0 Å². The van der Waals surface area contributed by atoms with Gasteiger partial charge in [-0.15, -0.1) is 11.3 Å². The van der Waals surface area contributed by atoms with Crippen molar-refractivity contribution in [3.8, 4) is 0 Å². The van der Waals surface area contributed by atoms with Crippen molar-refractivity contribution in [2.45, 2.75) is 33.2 Å². The van der Waals surface area contributed by atoms with E-state index in [4.69, 9.17) is 0 Å². The van der Waals surface area contributed by atoms with Crippen LogP contribution in [0.25, 0.3) is 10.2 Å². The number of fused-ring (bicyclic) bond motifs is 1. The molecule has 0 unspecified atom stereocenters. The summed E-state index contributed by atoms with van der Waals surface area (Å²) < 4.78 is 1.36. The fourth-order valence-corrected chi connectivity index (χ4v) is 3.02. The van der Waals surface area contributed by atoms with Gasteiger partial charge in [-0.1, -0.05) is 6.92 Å². The van der Waals surface area contributed by atoms with E-state index in [9.17, 15) is 9.59 Å². The van der Waals surface area contributed by atoms with E-state index in [1.807, 2.05) is 12.3 Å². The third-order valence-electron chi connectivity index (χ3n) is 3.54. The fourth-order valence-electron chi connectivity index (χ4n) is 2.09. The standard InChI is InChI=1S/C12H14N2O2S/c1-7-5-17-9-8(7)10(15)14(11(16)13-9)6-12(2)3-4-12/h5H,3-4,6H2,1-2H3,(H,13,16). The van der Waals surface area contributed by atoms with Gasteiger partial charge in [-0.25, -0.2) is 4.79 Å². The van der Waals surface area contributed by atoms with Crippen LogP contribution in [0.4, 0.5) is 0 Å². The molecule has 2 aromatic rings. The maximum Gasteiger partial charge on any atom is 0.329 e. The summed E-state index contributed by atoms with van der Waals surface area (Å²) in [6, 6.07) is 0. The van der Waals surface area contributed by atoms with Crippen LogP contribution in [0.3, 0.4) is 0 Å². The molecule has 2 heterocycles. The van der Waals surface area contributed by atoms with Crippen LogP contribution in [0.1, 0.15) is 25.3 Å². The second-order valence-electron chi connectivity index (χ2n) is 5.25. The largest absolute Gasteiger partial charge is 0.329 e. The van der Waals surface area contributed by atoms with E-state index in [0.29, 0.717) is 16.8 Å². The molecule has 1 aliphatic rings. The van der Waals surface area contributed by atoms with Crippen molar-refractivity contribution in [1.82, 2.24) is 9.55 Å². The molecular formula is C12H14N2O2S. The smallest absolute Gasteiger partial charge is 0.298 e. The summed E-state index contributed by atoms with van der Waals surface area (Å²) in [7, 11) is 0. The summed E-state index contributed by atoms with van der Waals surface area (Å²) >= 11 is 1.42. The van der Waals surface area contributed by atoms with Gasteiger partial charge in [-0.05, 0) is 36.1 Å². The normalized spacial score (nSPS) is 17.5. The number of aromatic amines is 1. The Morgan fingerprint density at radius 1 is 1.47 bits per heavy atom. The van der Waals surface area contributed by atoms with Gasteiger partial charge in [0.2, 0.25) is 0 Å². The lowest BCUT2D eigenvalue weighted by Crippen LogP contribution is -2.36. The number of nitrogens with zero attached hydrogens (tertiary/aromatic N) is 1. The Bertz CT molecular complexity index is 703. The number of nitrogens with one attached hydrogen (secondary N) is 1. The molecule has 90 valence electrons. The Kier molecular flexibility index (Phi) is 2.10. The Morgan fingerprint density at radius 2 is 2.18 bits per heavy atom. The van der Waals surface area contributed by atoms with Gasteiger partial charge in [0.25, 0.3) is 5.56 Å². The van der Waals surface area contributed by atoms with Gasteiger partial charge in [0.05, 0.1) is 5.39 Å². The molecule has 0 aromatic carbocycles. The Balaban J connectivity index is 2.26. The molecule has 0 atom stereocenters. The minimum Gasteiger partial charge on any atom is -0.298 e. The molecule has 4 nitrogen and oxygen atoms in total. The van der Waals surface area contributed by atoms with E-state index in [2.05, 4.69) is 11.9 Å². The molecule has 1 fully saturated rings. The van der Waals surface area contributed by atoms with E-state index < -0.39 is 0 Å². The quantitative estimate of drug-likeness (QED) is 0.884. The van der Waals surface area contributed by atoms with Gasteiger partial charge in [0.1, 0.15) is 4.83 Å². The maximum absolute atomic E-state index is 12.3. The first-order valence-electron chi connectivity index (χ1n) is 5.71. The minimum atomic E-state index is -0.280. The van der Waals surface area contributed by atoms with Gasteiger partial charge in [0.15, 0.2) is 0 Å². The number of aromatic nitrogens is 2. The SMILES string of the molecule is Cc1csc2[nH]c(=O)n(CC3(C)CC3)c(=O)c12. The van der Waals surface area contributed by atoms with E-state index in [1.165, 1.54) is 15.9 Å². The lowest BCUT2D eigenvalue weighted by atomic mass is 10.1. The maximum atomic E-state index is 12.3. The van der Waals surface area contributed by atoms with Crippen LogP contribution in [0.5, 0.6) is 0 Å². The van der Waals surface area contributed by atoms with Crippen LogP contribution in [-0.4, -0.2) is 9.55 Å². The highest BCUT2D eigenvalue weighted by Crippen LogP contribution is 2.45. The number of rotatable bonds is 2. The molecule has 0 aliphatic heterocycles. The van der Waals surface area contributed by atoms with Crippen LogP contribution in [-0.2, 0) is 6.54 Å². The second kappa shape index (κ2) is 3.32. The van der Waals surface area contributed by atoms with Crippen molar-refractivity contribution in [1.29, 1.82) is 0 Å². The third-order valence-corrected chi connectivity index (χ3v) is 4.56. The van der Waals surface area contributed by atoms with Gasteiger partial charge in [-0.2, -0.15) is 0 Å². The lowest BCUT2D eigenvalue weighted by molar-refractivity contribution is 0.443. The Labute approximate surface area is 102 Å². The number of hydrogen-bond acceptors (Lipinski definition) is 3. The van der Waals surface area contributed by atoms with Crippen LogP contribution in [0.2, 0.25) is 0 Å². The molecule has 5 heteroatoms. The molecule has 17 heavy (non-hydrogen) atoms. The second-order valence-corrected chi connectivity index (χ2v) is 6.13. The summed E-state index contributed by atoms with van der Waals surface area (Å²) in [5.74, 6) is 0. The molecule has 2 aromatic heterocycles. The molecule has 1 saturated carbocycles. The van der Waals surface area contributed by atoms with Crippen molar-refractivity contribution in [2.24, 2.45) is 5.41 Å². The number of hydrogen-bond donors (Lipinski definition) is 1. The summed E-state index contributed by atoms with van der Waals surface area (Å²) in [6.07, 6.45) is 2.19. The van der Waals surface area contributed by atoms with E-state index in [-0.39, 0.29) is 16.7 Å². The molecule has 1 aliphatic carbocycles. The highest BCUT2D eigenvalue weighted by molar-refractivity contribution is 7.16.